The summed E-state index contributed by atoms with van der Waals surface area (Å²) in [6.07, 6.45) is 2.50. The van der Waals surface area contributed by atoms with E-state index in [2.05, 4.69) is 5.16 Å². The second kappa shape index (κ2) is 8.85. The van der Waals surface area contributed by atoms with Crippen molar-refractivity contribution in [3.05, 3.63) is 52.6 Å². The Morgan fingerprint density at radius 1 is 1.06 bits per heavy atom. The van der Waals surface area contributed by atoms with Gasteiger partial charge in [-0.05, 0) is 35.8 Å². The van der Waals surface area contributed by atoms with Crippen molar-refractivity contribution in [2.45, 2.75) is 66.2 Å². The normalized spacial score (nSPS) is 19.9. The van der Waals surface area contributed by atoms with E-state index in [0.29, 0.717) is 72.7 Å². The van der Waals surface area contributed by atoms with E-state index in [1.165, 1.54) is 0 Å². The van der Waals surface area contributed by atoms with Crippen LogP contribution in [0.25, 0.3) is 0 Å². The molecule has 0 bridgehead atoms. The lowest BCUT2D eigenvalue weighted by atomic mass is 9.74. The first-order valence-electron chi connectivity index (χ1n) is 11.7. The van der Waals surface area contributed by atoms with Crippen LogP contribution >= 0.6 is 0 Å². The number of hydrogen-bond donors (Lipinski definition) is 1. The molecule has 0 atom stereocenters. The molecule has 1 N–H and O–H groups in total. The third-order valence-electron chi connectivity index (χ3n) is 6.47. The van der Waals surface area contributed by atoms with Crippen LogP contribution in [0.3, 0.4) is 0 Å². The topological polar surface area (TPSA) is 102 Å². The van der Waals surface area contributed by atoms with Gasteiger partial charge in [0.2, 0.25) is 0 Å². The van der Waals surface area contributed by atoms with Gasteiger partial charge in [0.15, 0.2) is 11.6 Å². The first-order valence-corrected chi connectivity index (χ1v) is 11.7. The van der Waals surface area contributed by atoms with Gasteiger partial charge in [0.05, 0.1) is 29.7 Å². The Morgan fingerprint density at radius 3 is 2.44 bits per heavy atom. The maximum Gasteiger partial charge on any atom is 0.168 e. The summed E-state index contributed by atoms with van der Waals surface area (Å²) in [6, 6.07) is 7.28. The van der Waals surface area contributed by atoms with Crippen molar-refractivity contribution in [2.24, 2.45) is 15.8 Å². The van der Waals surface area contributed by atoms with Crippen LogP contribution in [0.2, 0.25) is 0 Å². The van der Waals surface area contributed by atoms with Crippen molar-refractivity contribution < 1.29 is 24.0 Å². The predicted molar refractivity (Wildman–Crippen MR) is 129 cm³/mol. The van der Waals surface area contributed by atoms with Gasteiger partial charge in [-0.2, -0.15) is 0 Å². The number of rotatable bonds is 6. The number of nitrogens with zero attached hydrogens (tertiary/aromatic N) is 2. The Hall–Kier alpha value is -3.22. The third kappa shape index (κ3) is 4.83. The molecule has 0 spiro atoms. The number of ether oxygens (including phenoxy) is 1. The van der Waals surface area contributed by atoms with E-state index in [-0.39, 0.29) is 33.7 Å². The van der Waals surface area contributed by atoms with E-state index < -0.39 is 0 Å². The molecule has 0 unspecified atom stereocenters. The minimum absolute atomic E-state index is 0.0308. The Labute approximate surface area is 199 Å². The summed E-state index contributed by atoms with van der Waals surface area (Å²) in [6.45, 7) is 8.01. The number of Topliss-reactive ketones (excluding diaryl/α,β-unsaturated/α-hetero) is 2. The fourth-order valence-electron chi connectivity index (χ4n) is 4.95. The summed E-state index contributed by atoms with van der Waals surface area (Å²) in [5.41, 5.74) is 1.95. The van der Waals surface area contributed by atoms with Gasteiger partial charge in [0.25, 0.3) is 0 Å². The van der Waals surface area contributed by atoms with Gasteiger partial charge in [0.1, 0.15) is 23.0 Å². The molecule has 0 saturated heterocycles. The number of allylic oxidation sites excluding steroid dienone is 2. The monoisotopic (exact) mass is 464 g/mol. The van der Waals surface area contributed by atoms with Crippen LogP contribution in [0.15, 0.2) is 45.1 Å². The number of aromatic nitrogens is 1. The molecule has 0 amide bonds. The number of aliphatic imine (C=N–C) groups is 1. The number of methoxy groups -OCH3 is 1. The fourth-order valence-corrected chi connectivity index (χ4v) is 4.95. The van der Waals surface area contributed by atoms with Crippen LogP contribution in [0.1, 0.15) is 75.2 Å². The average molecular weight is 465 g/mol. The van der Waals surface area contributed by atoms with Crippen LogP contribution in [-0.2, 0) is 17.6 Å². The molecule has 180 valence electrons. The van der Waals surface area contributed by atoms with Crippen molar-refractivity contribution >= 4 is 23.0 Å². The minimum atomic E-state index is -0.315. The summed E-state index contributed by atoms with van der Waals surface area (Å²) >= 11 is 0. The number of carbonyl (C=O) groups excluding carboxylic acids is 2. The Kier molecular flexibility index (Phi) is 6.23. The molecule has 4 rings (SSSR count). The van der Waals surface area contributed by atoms with Crippen molar-refractivity contribution in [1.29, 1.82) is 0 Å². The number of aliphatic hydroxyl groups is 1. The zero-order chi connectivity index (χ0) is 24.7. The fraction of sp³-hybridized carbons (Fsp3) is 0.481. The highest BCUT2D eigenvalue weighted by Crippen LogP contribution is 2.39. The van der Waals surface area contributed by atoms with Crippen molar-refractivity contribution in [3.8, 4) is 5.75 Å². The quantitative estimate of drug-likeness (QED) is 0.547. The molecule has 0 aliphatic heterocycles. The lowest BCUT2D eigenvalue weighted by molar-refractivity contribution is -0.118. The maximum atomic E-state index is 13.1. The molecule has 0 fully saturated rings. The molecule has 2 aliphatic rings. The summed E-state index contributed by atoms with van der Waals surface area (Å²) in [5.74, 6) is 1.14. The summed E-state index contributed by atoms with van der Waals surface area (Å²) in [5, 5.41) is 15.1. The van der Waals surface area contributed by atoms with Gasteiger partial charge in [0, 0.05) is 25.7 Å². The number of fused-ring (bicyclic) bond motifs is 1. The van der Waals surface area contributed by atoms with Gasteiger partial charge in [-0.15, -0.1) is 0 Å². The Balaban J connectivity index is 1.71. The summed E-state index contributed by atoms with van der Waals surface area (Å²) in [4.78, 5) is 30.7. The number of ketones is 2. The molecule has 1 aromatic carbocycles. The molecule has 34 heavy (non-hydrogen) atoms. The second-order valence-corrected chi connectivity index (χ2v) is 10.9. The van der Waals surface area contributed by atoms with E-state index >= 15 is 0 Å². The first-order chi connectivity index (χ1) is 16.0. The highest BCUT2D eigenvalue weighted by Gasteiger charge is 2.38. The van der Waals surface area contributed by atoms with E-state index in [0.717, 1.165) is 0 Å². The molecular weight excluding hydrogens is 432 g/mol. The molecular formula is C27H32N2O5. The van der Waals surface area contributed by atoms with Crippen LogP contribution in [0.5, 0.6) is 5.75 Å². The second-order valence-electron chi connectivity index (χ2n) is 10.9. The number of benzene rings is 1. The molecule has 0 saturated carbocycles. The van der Waals surface area contributed by atoms with Gasteiger partial charge >= 0.3 is 0 Å². The Bertz CT molecular complexity index is 1200. The van der Waals surface area contributed by atoms with Gasteiger partial charge < -0.3 is 14.4 Å². The smallest absolute Gasteiger partial charge is 0.168 e. The van der Waals surface area contributed by atoms with Crippen LogP contribution in [0, 0.1) is 10.8 Å². The molecule has 1 heterocycles. The molecule has 2 aliphatic carbocycles. The summed E-state index contributed by atoms with van der Waals surface area (Å²) in [7, 11) is 1.56. The zero-order valence-electron chi connectivity index (χ0n) is 20.5. The first kappa shape index (κ1) is 23.9. The van der Waals surface area contributed by atoms with Crippen molar-refractivity contribution in [3.63, 3.8) is 0 Å². The zero-order valence-corrected chi connectivity index (χ0v) is 20.5. The maximum absolute atomic E-state index is 13.1. The van der Waals surface area contributed by atoms with Crippen molar-refractivity contribution in [1.82, 2.24) is 5.16 Å². The highest BCUT2D eigenvalue weighted by atomic mass is 16.5. The minimum Gasteiger partial charge on any atom is -0.511 e. The van der Waals surface area contributed by atoms with Gasteiger partial charge in [-0.1, -0.05) is 45.0 Å². The molecule has 1 aromatic heterocycles. The number of para-hydroxylation sites is 2. The van der Waals surface area contributed by atoms with Gasteiger partial charge in [-0.25, -0.2) is 4.99 Å². The number of carbonyl (C=O) groups is 2. The SMILES string of the molecule is COc1ccccc1N=C(CCc1noc2c1C(=O)CC(C)(C)C2)C1=C(O)CC(C)(C)CC1=O. The number of aliphatic hydroxyl groups excluding tert-OH is 1. The summed E-state index contributed by atoms with van der Waals surface area (Å²) < 4.78 is 11.0. The average Bonchev–Trinajstić information content (AvgIpc) is 3.12. The molecule has 7 heteroatoms. The van der Waals surface area contributed by atoms with E-state index in [1.54, 1.807) is 19.2 Å². The third-order valence-corrected chi connectivity index (χ3v) is 6.47. The standard InChI is InChI=1S/C27H32N2O5/c1-26(2)12-19(30)24(20(31)13-26)17(28-16-8-6-7-9-22(16)33-5)10-11-18-25-21(32)14-27(3,4)15-23(25)34-29-18/h6-9,30H,10-15H2,1-5H3. The highest BCUT2D eigenvalue weighted by molar-refractivity contribution is 6.24. The lowest BCUT2D eigenvalue weighted by Crippen LogP contribution is -2.29. The number of aryl methyl sites for hydroxylation is 1. The van der Waals surface area contributed by atoms with Crippen molar-refractivity contribution in [2.75, 3.05) is 7.11 Å². The van der Waals surface area contributed by atoms with E-state index in [9.17, 15) is 14.7 Å². The van der Waals surface area contributed by atoms with Gasteiger partial charge in [-0.3, -0.25) is 9.59 Å². The lowest BCUT2D eigenvalue weighted by Gasteiger charge is -2.30. The molecule has 7 nitrogen and oxygen atoms in total. The van der Waals surface area contributed by atoms with Crippen LogP contribution in [0.4, 0.5) is 5.69 Å². The predicted octanol–water partition coefficient (Wildman–Crippen LogP) is 5.74. The largest absolute Gasteiger partial charge is 0.511 e. The van der Waals surface area contributed by atoms with Crippen LogP contribution in [-0.4, -0.2) is 34.7 Å². The molecule has 0 radical (unpaired) electrons. The van der Waals surface area contributed by atoms with Crippen LogP contribution < -0.4 is 4.74 Å². The molecule has 2 aromatic rings. The van der Waals surface area contributed by atoms with E-state index in [4.69, 9.17) is 14.3 Å². The number of hydrogen-bond acceptors (Lipinski definition) is 7. The Morgan fingerprint density at radius 2 is 1.74 bits per heavy atom. The van der Waals surface area contributed by atoms with E-state index in [1.807, 2.05) is 39.8 Å².